The van der Waals surface area contributed by atoms with Crippen LogP contribution in [0.2, 0.25) is 0 Å². The standard InChI is InChI=1S/C10H17F2N5/c1-17(2)5-3-4-14-9-7(11)6-8(12)10(15-9)16-13/h6H,3-5,13H2,1-2H3,(H2,14,15,16). The zero-order chi connectivity index (χ0) is 12.8. The Bertz CT molecular complexity index is 370. The van der Waals surface area contributed by atoms with E-state index in [2.05, 4.69) is 15.7 Å². The summed E-state index contributed by atoms with van der Waals surface area (Å²) >= 11 is 0. The maximum Gasteiger partial charge on any atom is 0.178 e. The number of anilines is 2. The maximum absolute atomic E-state index is 13.3. The summed E-state index contributed by atoms with van der Waals surface area (Å²) in [5.41, 5.74) is 2.07. The van der Waals surface area contributed by atoms with Crippen molar-refractivity contribution in [3.8, 4) is 0 Å². The second-order valence-electron chi connectivity index (χ2n) is 3.88. The van der Waals surface area contributed by atoms with Crippen LogP contribution >= 0.6 is 0 Å². The largest absolute Gasteiger partial charge is 0.368 e. The molecule has 0 saturated heterocycles. The smallest absolute Gasteiger partial charge is 0.178 e. The highest BCUT2D eigenvalue weighted by atomic mass is 19.1. The van der Waals surface area contributed by atoms with E-state index >= 15 is 0 Å². The highest BCUT2D eigenvalue weighted by Gasteiger charge is 2.10. The number of nitrogens with one attached hydrogen (secondary N) is 2. The van der Waals surface area contributed by atoms with Crippen LogP contribution in [-0.2, 0) is 0 Å². The van der Waals surface area contributed by atoms with Gasteiger partial charge in [-0.3, -0.25) is 0 Å². The molecule has 0 radical (unpaired) electrons. The van der Waals surface area contributed by atoms with Crippen molar-refractivity contribution in [1.82, 2.24) is 9.88 Å². The molecule has 0 atom stereocenters. The van der Waals surface area contributed by atoms with Crippen molar-refractivity contribution >= 4 is 11.6 Å². The lowest BCUT2D eigenvalue weighted by atomic mass is 10.3. The van der Waals surface area contributed by atoms with E-state index in [0.29, 0.717) is 6.54 Å². The molecule has 1 rings (SSSR count). The zero-order valence-electron chi connectivity index (χ0n) is 9.93. The van der Waals surface area contributed by atoms with Gasteiger partial charge in [0.05, 0.1) is 0 Å². The van der Waals surface area contributed by atoms with Crippen LogP contribution in [0.1, 0.15) is 6.42 Å². The van der Waals surface area contributed by atoms with Gasteiger partial charge in [0.1, 0.15) is 0 Å². The van der Waals surface area contributed by atoms with Crippen LogP contribution in [0.15, 0.2) is 6.07 Å². The normalized spacial score (nSPS) is 10.7. The molecule has 0 aliphatic carbocycles. The fourth-order valence-electron chi connectivity index (χ4n) is 1.29. The summed E-state index contributed by atoms with van der Waals surface area (Å²) in [4.78, 5) is 5.71. The minimum absolute atomic E-state index is 0.00175. The highest BCUT2D eigenvalue weighted by Crippen LogP contribution is 2.17. The number of aromatic nitrogens is 1. The Morgan fingerprint density at radius 1 is 1.29 bits per heavy atom. The van der Waals surface area contributed by atoms with Crippen molar-refractivity contribution in [3.63, 3.8) is 0 Å². The first-order chi connectivity index (χ1) is 8.04. The molecule has 1 heterocycles. The molecule has 0 aliphatic heterocycles. The number of pyridine rings is 1. The van der Waals surface area contributed by atoms with Gasteiger partial charge in [-0.1, -0.05) is 0 Å². The molecule has 0 aliphatic rings. The van der Waals surface area contributed by atoms with Gasteiger partial charge < -0.3 is 15.6 Å². The molecule has 0 aromatic carbocycles. The van der Waals surface area contributed by atoms with E-state index in [-0.39, 0.29) is 11.6 Å². The second kappa shape index (κ2) is 6.31. The second-order valence-corrected chi connectivity index (χ2v) is 3.88. The van der Waals surface area contributed by atoms with Gasteiger partial charge in [0.25, 0.3) is 0 Å². The Hall–Kier alpha value is -1.47. The van der Waals surface area contributed by atoms with Crippen LogP contribution in [0.3, 0.4) is 0 Å². The van der Waals surface area contributed by atoms with E-state index in [1.807, 2.05) is 19.0 Å². The summed E-state index contributed by atoms with van der Waals surface area (Å²) in [6.07, 6.45) is 0.830. The number of nitrogens with zero attached hydrogens (tertiary/aromatic N) is 2. The molecule has 0 amide bonds. The van der Waals surface area contributed by atoms with Gasteiger partial charge >= 0.3 is 0 Å². The van der Waals surface area contributed by atoms with Gasteiger partial charge in [0.2, 0.25) is 0 Å². The Balaban J connectivity index is 2.58. The first-order valence-electron chi connectivity index (χ1n) is 5.26. The van der Waals surface area contributed by atoms with E-state index < -0.39 is 11.6 Å². The number of rotatable bonds is 6. The number of hydrogen-bond acceptors (Lipinski definition) is 5. The number of nitrogen functional groups attached to an aromatic ring is 1. The average molecular weight is 245 g/mol. The molecular weight excluding hydrogens is 228 g/mol. The van der Waals surface area contributed by atoms with E-state index in [4.69, 9.17) is 5.84 Å². The summed E-state index contributed by atoms with van der Waals surface area (Å²) in [6.45, 7) is 1.43. The SMILES string of the molecule is CN(C)CCCNc1nc(NN)c(F)cc1F. The van der Waals surface area contributed by atoms with Crippen LogP contribution < -0.4 is 16.6 Å². The molecular formula is C10H17F2N5. The molecule has 0 bridgehead atoms. The van der Waals surface area contributed by atoms with Gasteiger partial charge in [0.15, 0.2) is 23.3 Å². The number of halogens is 2. The van der Waals surface area contributed by atoms with Crippen molar-refractivity contribution in [2.75, 3.05) is 37.9 Å². The lowest BCUT2D eigenvalue weighted by Crippen LogP contribution is -2.18. The zero-order valence-corrected chi connectivity index (χ0v) is 9.93. The predicted octanol–water partition coefficient (Wildman–Crippen LogP) is 1.01. The summed E-state index contributed by atoms with van der Waals surface area (Å²) < 4.78 is 26.4. The molecule has 0 unspecified atom stereocenters. The average Bonchev–Trinajstić information content (AvgIpc) is 2.26. The summed E-state index contributed by atoms with van der Waals surface area (Å²) in [7, 11) is 3.90. The fourth-order valence-corrected chi connectivity index (χ4v) is 1.29. The summed E-state index contributed by atoms with van der Waals surface area (Å²) in [5, 5.41) is 2.80. The van der Waals surface area contributed by atoms with Crippen LogP contribution in [0.4, 0.5) is 20.4 Å². The minimum Gasteiger partial charge on any atom is -0.368 e. The van der Waals surface area contributed by atoms with Crippen LogP contribution in [0, 0.1) is 11.6 Å². The lowest BCUT2D eigenvalue weighted by molar-refractivity contribution is 0.405. The highest BCUT2D eigenvalue weighted by molar-refractivity contribution is 5.46. The number of nitrogens with two attached hydrogens (primary N) is 1. The predicted molar refractivity (Wildman–Crippen MR) is 63.6 cm³/mol. The monoisotopic (exact) mass is 245 g/mol. The van der Waals surface area contributed by atoms with Crippen molar-refractivity contribution in [2.45, 2.75) is 6.42 Å². The molecule has 96 valence electrons. The van der Waals surface area contributed by atoms with Crippen LogP contribution in [0.5, 0.6) is 0 Å². The first-order valence-corrected chi connectivity index (χ1v) is 5.26. The minimum atomic E-state index is -0.816. The molecule has 17 heavy (non-hydrogen) atoms. The molecule has 5 nitrogen and oxygen atoms in total. The van der Waals surface area contributed by atoms with Crippen LogP contribution in [-0.4, -0.2) is 37.1 Å². The molecule has 4 N–H and O–H groups in total. The van der Waals surface area contributed by atoms with Gasteiger partial charge in [0, 0.05) is 12.6 Å². The lowest BCUT2D eigenvalue weighted by Gasteiger charge is -2.11. The third kappa shape index (κ3) is 4.12. The molecule has 1 aromatic rings. The Morgan fingerprint density at radius 3 is 2.53 bits per heavy atom. The van der Waals surface area contributed by atoms with Crippen molar-refractivity contribution in [1.29, 1.82) is 0 Å². The first kappa shape index (κ1) is 13.6. The van der Waals surface area contributed by atoms with Gasteiger partial charge in [-0.05, 0) is 27.1 Å². The molecule has 7 heteroatoms. The Morgan fingerprint density at radius 2 is 1.94 bits per heavy atom. The van der Waals surface area contributed by atoms with Gasteiger partial charge in [-0.15, -0.1) is 0 Å². The van der Waals surface area contributed by atoms with E-state index in [1.165, 1.54) is 0 Å². The van der Waals surface area contributed by atoms with Crippen molar-refractivity contribution in [2.24, 2.45) is 5.84 Å². The summed E-state index contributed by atoms with van der Waals surface area (Å²) in [5.74, 6) is 3.33. The van der Waals surface area contributed by atoms with E-state index in [0.717, 1.165) is 19.0 Å². The van der Waals surface area contributed by atoms with E-state index in [9.17, 15) is 8.78 Å². The van der Waals surface area contributed by atoms with Gasteiger partial charge in [-0.25, -0.2) is 19.6 Å². The molecule has 0 saturated carbocycles. The third-order valence-electron chi connectivity index (χ3n) is 2.14. The number of hydrogen-bond donors (Lipinski definition) is 3. The van der Waals surface area contributed by atoms with Crippen LogP contribution in [0.25, 0.3) is 0 Å². The molecule has 0 spiro atoms. The topological polar surface area (TPSA) is 66.2 Å². The Kier molecular flexibility index (Phi) is 5.05. The van der Waals surface area contributed by atoms with Crippen molar-refractivity contribution < 1.29 is 8.78 Å². The van der Waals surface area contributed by atoms with E-state index in [1.54, 1.807) is 0 Å². The summed E-state index contributed by atoms with van der Waals surface area (Å²) in [6, 6.07) is 0.747. The van der Waals surface area contributed by atoms with Crippen molar-refractivity contribution in [3.05, 3.63) is 17.7 Å². The molecule has 1 aromatic heterocycles. The fraction of sp³-hybridized carbons (Fsp3) is 0.500. The number of hydrazine groups is 1. The Labute approximate surface area is 99.0 Å². The quantitative estimate of drug-likeness (QED) is 0.396. The third-order valence-corrected chi connectivity index (χ3v) is 2.14. The maximum atomic E-state index is 13.3. The van der Waals surface area contributed by atoms with Gasteiger partial charge in [-0.2, -0.15) is 0 Å². The molecule has 0 fully saturated rings.